The van der Waals surface area contributed by atoms with Crippen molar-refractivity contribution in [2.24, 2.45) is 0 Å². The van der Waals surface area contributed by atoms with Gasteiger partial charge in [0, 0.05) is 12.1 Å². The lowest BCUT2D eigenvalue weighted by Gasteiger charge is -2.34. The van der Waals surface area contributed by atoms with Gasteiger partial charge in [-0.25, -0.2) is 4.79 Å². The minimum Gasteiger partial charge on any atom is -0.464 e. The van der Waals surface area contributed by atoms with E-state index in [0.29, 0.717) is 12.1 Å². The first-order chi connectivity index (χ1) is 10.5. The highest BCUT2D eigenvalue weighted by molar-refractivity contribution is 5.94. The zero-order chi connectivity index (χ0) is 16.1. The molecule has 1 fully saturated rings. The van der Waals surface area contributed by atoms with Crippen LogP contribution in [0.4, 0.5) is 0 Å². The smallest absolute Gasteiger partial charge is 0.337 e. The van der Waals surface area contributed by atoms with Crippen LogP contribution >= 0.6 is 0 Å². The van der Waals surface area contributed by atoms with E-state index in [9.17, 15) is 14.7 Å². The van der Waals surface area contributed by atoms with Crippen molar-refractivity contribution in [3.63, 3.8) is 0 Å². The summed E-state index contributed by atoms with van der Waals surface area (Å²) in [5.74, 6) is -0.860. The van der Waals surface area contributed by atoms with Gasteiger partial charge in [0.05, 0.1) is 19.8 Å². The van der Waals surface area contributed by atoms with Crippen LogP contribution in [0.2, 0.25) is 0 Å². The minimum absolute atomic E-state index is 0.135. The summed E-state index contributed by atoms with van der Waals surface area (Å²) >= 11 is 0. The van der Waals surface area contributed by atoms with Crippen molar-refractivity contribution in [1.82, 2.24) is 4.90 Å². The first kappa shape index (κ1) is 16.5. The number of aliphatic hydroxyl groups is 1. The number of benzene rings is 1. The lowest BCUT2D eigenvalue weighted by Crippen LogP contribution is -2.52. The molecule has 2 unspecified atom stereocenters. The monoisotopic (exact) mass is 307 g/mol. The average Bonchev–Trinajstić information content (AvgIpc) is 2.54. The molecule has 6 heteroatoms. The molecule has 0 aliphatic carbocycles. The van der Waals surface area contributed by atoms with Gasteiger partial charge in [0.25, 0.3) is 5.91 Å². The Labute approximate surface area is 129 Å². The number of esters is 1. The van der Waals surface area contributed by atoms with Crippen LogP contribution in [-0.2, 0) is 14.3 Å². The van der Waals surface area contributed by atoms with E-state index in [0.717, 1.165) is 5.56 Å². The lowest BCUT2D eigenvalue weighted by atomic mass is 10.1. The third-order valence-electron chi connectivity index (χ3n) is 3.56. The van der Waals surface area contributed by atoms with Crippen LogP contribution in [0.5, 0.6) is 0 Å². The molecule has 6 nitrogen and oxygen atoms in total. The van der Waals surface area contributed by atoms with E-state index in [1.165, 1.54) is 0 Å². The Kier molecular flexibility index (Phi) is 5.51. The van der Waals surface area contributed by atoms with Crippen molar-refractivity contribution in [3.05, 3.63) is 35.4 Å². The number of nitrogens with zero attached hydrogens (tertiary/aromatic N) is 1. The van der Waals surface area contributed by atoms with Crippen LogP contribution in [0.15, 0.2) is 24.3 Å². The van der Waals surface area contributed by atoms with Gasteiger partial charge in [0.15, 0.2) is 6.10 Å². The van der Waals surface area contributed by atoms with E-state index in [1.54, 1.807) is 24.0 Å². The van der Waals surface area contributed by atoms with E-state index in [1.807, 2.05) is 19.1 Å². The van der Waals surface area contributed by atoms with Crippen LogP contribution in [0.3, 0.4) is 0 Å². The molecule has 2 atom stereocenters. The van der Waals surface area contributed by atoms with Crippen molar-refractivity contribution >= 4 is 11.9 Å². The Balaban J connectivity index is 2.02. The fourth-order valence-corrected chi connectivity index (χ4v) is 2.31. The summed E-state index contributed by atoms with van der Waals surface area (Å²) in [6, 6.07) is 7.28. The lowest BCUT2D eigenvalue weighted by molar-refractivity contribution is -0.165. The average molecular weight is 307 g/mol. The van der Waals surface area contributed by atoms with Gasteiger partial charge < -0.3 is 19.5 Å². The van der Waals surface area contributed by atoms with E-state index in [4.69, 9.17) is 9.47 Å². The molecule has 1 heterocycles. The molecule has 22 heavy (non-hydrogen) atoms. The first-order valence-corrected chi connectivity index (χ1v) is 7.35. The summed E-state index contributed by atoms with van der Waals surface area (Å²) in [5.41, 5.74) is 1.66. The predicted molar refractivity (Wildman–Crippen MR) is 79.5 cm³/mol. The summed E-state index contributed by atoms with van der Waals surface area (Å²) in [6.07, 6.45) is -2.14. The molecule has 1 aromatic rings. The molecule has 2 rings (SSSR count). The van der Waals surface area contributed by atoms with E-state index in [-0.39, 0.29) is 25.7 Å². The van der Waals surface area contributed by atoms with Gasteiger partial charge in [-0.2, -0.15) is 0 Å². The Bertz CT molecular complexity index is 528. The van der Waals surface area contributed by atoms with Gasteiger partial charge in [0.1, 0.15) is 6.10 Å². The second-order valence-electron chi connectivity index (χ2n) is 5.22. The molecule has 1 amide bonds. The number of morpholine rings is 1. The fourth-order valence-electron chi connectivity index (χ4n) is 2.31. The maximum Gasteiger partial charge on any atom is 0.337 e. The number of ether oxygens (including phenoxy) is 2. The summed E-state index contributed by atoms with van der Waals surface area (Å²) in [6.45, 7) is 4.67. The molecule has 0 spiro atoms. The number of aliphatic hydroxyl groups excluding tert-OH is 1. The van der Waals surface area contributed by atoms with Gasteiger partial charge in [-0.15, -0.1) is 0 Å². The van der Waals surface area contributed by atoms with E-state index >= 15 is 0 Å². The third-order valence-corrected chi connectivity index (χ3v) is 3.56. The zero-order valence-electron chi connectivity index (χ0n) is 12.8. The van der Waals surface area contributed by atoms with Gasteiger partial charge in [0.2, 0.25) is 0 Å². The summed E-state index contributed by atoms with van der Waals surface area (Å²) in [7, 11) is 0. The number of carbonyl (C=O) groups is 2. The minimum atomic E-state index is -1.38. The SMILES string of the molecule is CCOC(=O)C(O)C1CN(C(=O)c2ccc(C)cc2)CCO1. The number of carbonyl (C=O) groups excluding carboxylic acids is 2. The molecule has 1 aliphatic rings. The van der Waals surface area contributed by atoms with Crippen LogP contribution in [-0.4, -0.2) is 60.4 Å². The Morgan fingerprint density at radius 2 is 2.09 bits per heavy atom. The first-order valence-electron chi connectivity index (χ1n) is 7.35. The number of hydrogen-bond donors (Lipinski definition) is 1. The topological polar surface area (TPSA) is 76.1 Å². The molecule has 1 aliphatic heterocycles. The highest BCUT2D eigenvalue weighted by Gasteiger charge is 2.34. The standard InChI is InChI=1S/C16H21NO5/c1-3-21-16(20)14(18)13-10-17(8-9-22-13)15(19)12-6-4-11(2)5-7-12/h4-7,13-14,18H,3,8-10H2,1-2H3. The van der Waals surface area contributed by atoms with Crippen LogP contribution in [0, 0.1) is 6.92 Å². The van der Waals surface area contributed by atoms with Gasteiger partial charge in [-0.05, 0) is 26.0 Å². The van der Waals surface area contributed by atoms with E-state index in [2.05, 4.69) is 0 Å². The molecule has 1 aromatic carbocycles. The molecular formula is C16H21NO5. The summed E-state index contributed by atoms with van der Waals surface area (Å²) < 4.78 is 10.2. The molecule has 0 aromatic heterocycles. The largest absolute Gasteiger partial charge is 0.464 e. The number of hydrogen-bond acceptors (Lipinski definition) is 5. The maximum atomic E-state index is 12.4. The second-order valence-corrected chi connectivity index (χ2v) is 5.22. The number of aryl methyl sites for hydroxylation is 1. The summed E-state index contributed by atoms with van der Waals surface area (Å²) in [5, 5.41) is 9.94. The van der Waals surface area contributed by atoms with Crippen LogP contribution < -0.4 is 0 Å². The predicted octanol–water partition coefficient (Wildman–Crippen LogP) is 0.760. The van der Waals surface area contributed by atoms with Crippen molar-refractivity contribution in [2.75, 3.05) is 26.3 Å². The van der Waals surface area contributed by atoms with Crippen LogP contribution in [0.1, 0.15) is 22.8 Å². The normalized spacial score (nSPS) is 19.6. The molecule has 0 bridgehead atoms. The van der Waals surface area contributed by atoms with Crippen molar-refractivity contribution in [1.29, 1.82) is 0 Å². The summed E-state index contributed by atoms with van der Waals surface area (Å²) in [4.78, 5) is 25.6. The van der Waals surface area contributed by atoms with E-state index < -0.39 is 18.2 Å². The van der Waals surface area contributed by atoms with Crippen molar-refractivity contribution in [3.8, 4) is 0 Å². The number of rotatable bonds is 4. The van der Waals surface area contributed by atoms with Crippen molar-refractivity contribution < 1.29 is 24.2 Å². The van der Waals surface area contributed by atoms with Crippen molar-refractivity contribution in [2.45, 2.75) is 26.1 Å². The molecule has 1 N–H and O–H groups in total. The third kappa shape index (κ3) is 3.84. The molecule has 0 saturated carbocycles. The molecule has 1 saturated heterocycles. The molecule has 0 radical (unpaired) electrons. The Morgan fingerprint density at radius 1 is 1.41 bits per heavy atom. The molecule has 120 valence electrons. The van der Waals surface area contributed by atoms with Gasteiger partial charge in [-0.1, -0.05) is 17.7 Å². The van der Waals surface area contributed by atoms with Gasteiger partial charge >= 0.3 is 5.97 Å². The molecular weight excluding hydrogens is 286 g/mol. The second kappa shape index (κ2) is 7.38. The maximum absolute atomic E-state index is 12.4. The zero-order valence-corrected chi connectivity index (χ0v) is 12.8. The Morgan fingerprint density at radius 3 is 2.73 bits per heavy atom. The quantitative estimate of drug-likeness (QED) is 0.831. The highest BCUT2D eigenvalue weighted by atomic mass is 16.6. The van der Waals surface area contributed by atoms with Crippen LogP contribution in [0.25, 0.3) is 0 Å². The highest BCUT2D eigenvalue weighted by Crippen LogP contribution is 2.14. The Hall–Kier alpha value is -1.92. The fraction of sp³-hybridized carbons (Fsp3) is 0.500. The number of amides is 1. The van der Waals surface area contributed by atoms with Gasteiger partial charge in [-0.3, -0.25) is 4.79 Å².